The maximum absolute atomic E-state index is 6.59. The number of hydrogen-bond acceptors (Lipinski definition) is 1. The average Bonchev–Trinajstić information content (AvgIpc) is 3.18. The summed E-state index contributed by atoms with van der Waals surface area (Å²) in [5, 5.41) is 3.57. The van der Waals surface area contributed by atoms with Gasteiger partial charge < -0.3 is 4.42 Å². The third kappa shape index (κ3) is 2.76. The van der Waals surface area contributed by atoms with E-state index in [4.69, 9.17) is 4.42 Å². The molecule has 0 aliphatic rings. The molecule has 154 valence electrons. The van der Waals surface area contributed by atoms with Gasteiger partial charge in [-0.1, -0.05) is 48.5 Å². The lowest BCUT2D eigenvalue weighted by Crippen LogP contribution is -2.32. The summed E-state index contributed by atoms with van der Waals surface area (Å²) in [5.41, 5.74) is 10.3. The summed E-state index contributed by atoms with van der Waals surface area (Å²) >= 11 is 0. The summed E-state index contributed by atoms with van der Waals surface area (Å²) in [5.74, 6) is 0. The van der Waals surface area contributed by atoms with Gasteiger partial charge in [-0.05, 0) is 66.4 Å². The van der Waals surface area contributed by atoms with Crippen LogP contribution in [0.3, 0.4) is 0 Å². The van der Waals surface area contributed by atoms with Crippen LogP contribution in [-0.2, 0) is 7.05 Å². The molecule has 2 heteroatoms. The molecule has 4 aromatic carbocycles. The van der Waals surface area contributed by atoms with Crippen LogP contribution in [0.1, 0.15) is 11.1 Å². The fourth-order valence-corrected chi connectivity index (χ4v) is 4.85. The van der Waals surface area contributed by atoms with Crippen LogP contribution < -0.4 is 4.57 Å². The monoisotopic (exact) mass is 414 g/mol. The van der Waals surface area contributed by atoms with Gasteiger partial charge in [0.05, 0.1) is 5.56 Å². The van der Waals surface area contributed by atoms with E-state index >= 15 is 0 Å². The molecule has 32 heavy (non-hydrogen) atoms. The predicted molar refractivity (Wildman–Crippen MR) is 133 cm³/mol. The van der Waals surface area contributed by atoms with Gasteiger partial charge in [0.25, 0.3) is 0 Å². The van der Waals surface area contributed by atoms with E-state index in [0.29, 0.717) is 0 Å². The molecule has 6 aromatic rings. The van der Waals surface area contributed by atoms with Gasteiger partial charge in [-0.15, -0.1) is 0 Å². The summed E-state index contributed by atoms with van der Waals surface area (Å²) in [6.45, 7) is 4.39. The molecule has 0 spiro atoms. The third-order valence-electron chi connectivity index (χ3n) is 6.73. The summed E-state index contributed by atoms with van der Waals surface area (Å²) in [4.78, 5) is 0. The Labute approximate surface area is 187 Å². The van der Waals surface area contributed by atoms with E-state index in [1.54, 1.807) is 0 Å². The van der Waals surface area contributed by atoms with Crippen molar-refractivity contribution in [3.05, 3.63) is 102 Å². The van der Waals surface area contributed by atoms with Crippen molar-refractivity contribution in [2.24, 2.45) is 7.05 Å². The molecule has 0 unspecified atom stereocenters. The van der Waals surface area contributed by atoms with Crippen LogP contribution in [0.4, 0.5) is 0 Å². The van der Waals surface area contributed by atoms with Crippen molar-refractivity contribution in [3.8, 4) is 22.4 Å². The Hall–Kier alpha value is -3.91. The highest BCUT2D eigenvalue weighted by atomic mass is 16.3. The molecule has 6 rings (SSSR count). The maximum atomic E-state index is 6.59. The van der Waals surface area contributed by atoms with Crippen molar-refractivity contribution in [1.82, 2.24) is 0 Å². The number of furan rings is 1. The molecule has 0 aliphatic heterocycles. The Kier molecular flexibility index (Phi) is 4.16. The highest BCUT2D eigenvalue weighted by molar-refractivity contribution is 6.11. The van der Waals surface area contributed by atoms with Crippen molar-refractivity contribution < 1.29 is 8.98 Å². The van der Waals surface area contributed by atoms with Gasteiger partial charge in [0.2, 0.25) is 11.2 Å². The molecule has 0 radical (unpaired) electrons. The molecule has 0 atom stereocenters. The number of rotatable bonds is 2. The van der Waals surface area contributed by atoms with E-state index in [0.717, 1.165) is 22.2 Å². The first kappa shape index (κ1) is 18.8. The Morgan fingerprint density at radius 3 is 2.31 bits per heavy atom. The van der Waals surface area contributed by atoms with Crippen LogP contribution in [0.2, 0.25) is 0 Å². The largest absolute Gasteiger partial charge is 0.455 e. The topological polar surface area (TPSA) is 17.0 Å². The lowest BCUT2D eigenvalue weighted by atomic mass is 9.95. The lowest BCUT2D eigenvalue weighted by molar-refractivity contribution is -0.633. The van der Waals surface area contributed by atoms with Crippen molar-refractivity contribution in [3.63, 3.8) is 0 Å². The zero-order valence-electron chi connectivity index (χ0n) is 18.5. The van der Waals surface area contributed by atoms with Crippen molar-refractivity contribution in [2.75, 3.05) is 0 Å². The van der Waals surface area contributed by atoms with Gasteiger partial charge in [-0.25, -0.2) is 0 Å². The van der Waals surface area contributed by atoms with E-state index in [-0.39, 0.29) is 0 Å². The second-order valence-electron chi connectivity index (χ2n) is 8.59. The summed E-state index contributed by atoms with van der Waals surface area (Å²) < 4.78 is 8.87. The Balaban J connectivity index is 1.66. The Morgan fingerprint density at radius 1 is 0.688 bits per heavy atom. The van der Waals surface area contributed by atoms with Crippen LogP contribution >= 0.6 is 0 Å². The van der Waals surface area contributed by atoms with Gasteiger partial charge in [0, 0.05) is 28.3 Å². The smallest absolute Gasteiger partial charge is 0.216 e. The molecule has 0 aliphatic carbocycles. The zero-order valence-corrected chi connectivity index (χ0v) is 18.5. The highest BCUT2D eigenvalue weighted by Crippen LogP contribution is 2.40. The van der Waals surface area contributed by atoms with Crippen LogP contribution in [0.5, 0.6) is 0 Å². The minimum atomic E-state index is 0.927. The molecule has 2 nitrogen and oxygen atoms in total. The first-order valence-corrected chi connectivity index (χ1v) is 11.0. The SMILES string of the molecule is Cc1cc2c(oc3cc(-c4ccccc4)ccc32)c(-c2ccc3ccccc3[n+]2C)c1C. The summed E-state index contributed by atoms with van der Waals surface area (Å²) in [7, 11) is 2.14. The number of nitrogens with zero attached hydrogens (tertiary/aromatic N) is 1. The maximum Gasteiger partial charge on any atom is 0.216 e. The number of aromatic nitrogens is 1. The Bertz CT molecular complexity index is 1640. The summed E-state index contributed by atoms with van der Waals surface area (Å²) in [6.07, 6.45) is 0. The van der Waals surface area contributed by atoms with E-state index < -0.39 is 0 Å². The first-order valence-electron chi connectivity index (χ1n) is 11.0. The first-order chi connectivity index (χ1) is 15.6. The number of benzene rings is 4. The van der Waals surface area contributed by atoms with Crippen molar-refractivity contribution >= 4 is 32.8 Å². The van der Waals surface area contributed by atoms with Gasteiger partial charge in [0.1, 0.15) is 18.2 Å². The highest BCUT2D eigenvalue weighted by Gasteiger charge is 2.23. The predicted octanol–water partition coefficient (Wildman–Crippen LogP) is 7.51. The molecule has 0 bridgehead atoms. The summed E-state index contributed by atoms with van der Waals surface area (Å²) in [6, 6.07) is 32.2. The molecular weight excluding hydrogens is 390 g/mol. The van der Waals surface area contributed by atoms with Crippen LogP contribution in [0.25, 0.3) is 55.2 Å². The van der Waals surface area contributed by atoms with Crippen LogP contribution in [0, 0.1) is 13.8 Å². The van der Waals surface area contributed by atoms with E-state index in [1.165, 1.54) is 44.1 Å². The van der Waals surface area contributed by atoms with Gasteiger partial charge in [-0.2, -0.15) is 4.57 Å². The molecule has 0 saturated heterocycles. The zero-order chi connectivity index (χ0) is 21.8. The molecular formula is C30H24NO+. The Morgan fingerprint density at radius 2 is 1.47 bits per heavy atom. The second kappa shape index (κ2) is 7.06. The fraction of sp³-hybridized carbons (Fsp3) is 0.100. The average molecular weight is 415 g/mol. The standard InChI is InChI=1S/C30H24NO/c1-19-17-25-24-15-13-23(21-9-5-4-6-10-21)18-28(24)32-30(25)29(20(19)2)27-16-14-22-11-7-8-12-26(22)31(27)3/h4-18H,1-3H3/q+1. The minimum Gasteiger partial charge on any atom is -0.455 e. The number of para-hydroxylation sites is 1. The molecule has 0 amide bonds. The number of pyridine rings is 1. The fourth-order valence-electron chi connectivity index (χ4n) is 4.85. The minimum absolute atomic E-state index is 0.927. The van der Waals surface area contributed by atoms with Crippen molar-refractivity contribution in [2.45, 2.75) is 13.8 Å². The molecule has 0 fully saturated rings. The van der Waals surface area contributed by atoms with E-state index in [2.05, 4.69) is 110 Å². The molecule has 0 saturated carbocycles. The molecule has 0 N–H and O–H groups in total. The second-order valence-corrected chi connectivity index (χ2v) is 8.59. The quantitative estimate of drug-likeness (QED) is 0.268. The van der Waals surface area contributed by atoms with Gasteiger partial charge >= 0.3 is 0 Å². The van der Waals surface area contributed by atoms with Gasteiger partial charge in [-0.3, -0.25) is 0 Å². The van der Waals surface area contributed by atoms with Crippen LogP contribution in [-0.4, -0.2) is 0 Å². The van der Waals surface area contributed by atoms with Crippen LogP contribution in [0.15, 0.2) is 95.4 Å². The lowest BCUT2D eigenvalue weighted by Gasteiger charge is -2.10. The third-order valence-corrected chi connectivity index (χ3v) is 6.73. The number of hydrogen-bond donors (Lipinski definition) is 0. The van der Waals surface area contributed by atoms with Gasteiger partial charge in [0.15, 0.2) is 0 Å². The van der Waals surface area contributed by atoms with E-state index in [9.17, 15) is 0 Å². The number of aryl methyl sites for hydroxylation is 2. The van der Waals surface area contributed by atoms with E-state index in [1.807, 2.05) is 6.07 Å². The number of fused-ring (bicyclic) bond motifs is 4. The van der Waals surface area contributed by atoms with Crippen molar-refractivity contribution in [1.29, 1.82) is 0 Å². The molecule has 2 aromatic heterocycles. The normalized spacial score (nSPS) is 11.6. The molecule has 2 heterocycles.